The van der Waals surface area contributed by atoms with Crippen molar-refractivity contribution < 1.29 is 18.7 Å². The van der Waals surface area contributed by atoms with Crippen LogP contribution in [0.2, 0.25) is 0 Å². The number of urea groups is 1. The highest BCUT2D eigenvalue weighted by atomic mass is 16.5. The summed E-state index contributed by atoms with van der Waals surface area (Å²) >= 11 is 0. The highest BCUT2D eigenvalue weighted by Crippen LogP contribution is 2.19. The van der Waals surface area contributed by atoms with Crippen molar-refractivity contribution in [2.45, 2.75) is 6.54 Å². The summed E-state index contributed by atoms with van der Waals surface area (Å²) in [5.74, 6) is 0.253. The number of carbonyl (C=O) groups is 2. The molecule has 27 heavy (non-hydrogen) atoms. The number of furan rings is 1. The number of ether oxygens (including phenoxy) is 1. The smallest absolute Gasteiger partial charge is 0.319 e. The van der Waals surface area contributed by atoms with Gasteiger partial charge in [0.05, 0.1) is 13.4 Å². The first-order valence-electron chi connectivity index (χ1n) is 8.13. The summed E-state index contributed by atoms with van der Waals surface area (Å²) in [7, 11) is 1.48. The van der Waals surface area contributed by atoms with E-state index in [1.54, 1.807) is 42.6 Å². The zero-order valence-electron chi connectivity index (χ0n) is 14.6. The molecule has 3 rings (SSSR count). The molecule has 2 aromatic heterocycles. The molecule has 0 radical (unpaired) electrons. The predicted molar refractivity (Wildman–Crippen MR) is 99.8 cm³/mol. The van der Waals surface area contributed by atoms with Gasteiger partial charge in [-0.3, -0.25) is 4.79 Å². The van der Waals surface area contributed by atoms with Crippen LogP contribution >= 0.6 is 0 Å². The summed E-state index contributed by atoms with van der Waals surface area (Å²) in [6.07, 6.45) is 3.02. The summed E-state index contributed by atoms with van der Waals surface area (Å²) in [5, 5.41) is 8.15. The summed E-state index contributed by atoms with van der Waals surface area (Å²) in [6, 6.07) is 13.4. The summed E-state index contributed by atoms with van der Waals surface area (Å²) in [5.41, 5.74) is 1.98. The van der Waals surface area contributed by atoms with Gasteiger partial charge in [-0.1, -0.05) is 12.1 Å². The summed E-state index contributed by atoms with van der Waals surface area (Å²) in [4.78, 5) is 28.0. The molecule has 1 aromatic carbocycles. The molecule has 0 saturated heterocycles. The Balaban J connectivity index is 1.51. The number of hydrogen-bond acceptors (Lipinski definition) is 5. The second-order valence-corrected chi connectivity index (χ2v) is 5.50. The van der Waals surface area contributed by atoms with Gasteiger partial charge in [0, 0.05) is 18.4 Å². The predicted octanol–water partition coefficient (Wildman–Crippen LogP) is 3.26. The molecule has 138 valence electrons. The maximum atomic E-state index is 12.0. The number of pyridine rings is 1. The molecule has 0 aliphatic rings. The fraction of sp³-hybridized carbons (Fsp3) is 0.105. The van der Waals surface area contributed by atoms with Crippen LogP contribution in [-0.4, -0.2) is 24.0 Å². The molecule has 0 bridgehead atoms. The first kappa shape index (κ1) is 18.0. The Bertz CT molecular complexity index is 908. The number of hydrogen-bond donors (Lipinski definition) is 3. The Labute approximate surface area is 155 Å². The Morgan fingerprint density at radius 1 is 1.07 bits per heavy atom. The third-order valence-electron chi connectivity index (χ3n) is 3.62. The number of nitrogens with zero attached hydrogens (tertiary/aromatic N) is 1. The van der Waals surface area contributed by atoms with E-state index >= 15 is 0 Å². The second-order valence-electron chi connectivity index (χ2n) is 5.50. The molecular formula is C19H18N4O4. The maximum absolute atomic E-state index is 12.0. The van der Waals surface area contributed by atoms with E-state index in [0.29, 0.717) is 23.8 Å². The van der Waals surface area contributed by atoms with Crippen LogP contribution in [0.5, 0.6) is 5.88 Å². The van der Waals surface area contributed by atoms with Gasteiger partial charge in [-0.05, 0) is 42.0 Å². The number of rotatable bonds is 6. The minimum absolute atomic E-state index is 0.239. The number of aromatic nitrogens is 1. The number of amides is 3. The fourth-order valence-electron chi connectivity index (χ4n) is 2.30. The molecule has 3 N–H and O–H groups in total. The van der Waals surface area contributed by atoms with Crippen molar-refractivity contribution in [2.24, 2.45) is 0 Å². The molecule has 0 aliphatic carbocycles. The molecule has 8 nitrogen and oxygen atoms in total. The lowest BCUT2D eigenvalue weighted by Gasteiger charge is -2.10. The molecular weight excluding hydrogens is 348 g/mol. The highest BCUT2D eigenvalue weighted by Gasteiger charge is 2.09. The van der Waals surface area contributed by atoms with Crippen LogP contribution in [0, 0.1) is 0 Å². The van der Waals surface area contributed by atoms with Gasteiger partial charge in [0.1, 0.15) is 5.69 Å². The molecule has 0 spiro atoms. The van der Waals surface area contributed by atoms with Crippen molar-refractivity contribution in [2.75, 3.05) is 17.7 Å². The zero-order chi connectivity index (χ0) is 19.1. The Morgan fingerprint density at radius 3 is 2.59 bits per heavy atom. The second kappa shape index (κ2) is 8.52. The van der Waals surface area contributed by atoms with E-state index in [4.69, 9.17) is 9.15 Å². The van der Waals surface area contributed by atoms with Crippen LogP contribution < -0.4 is 20.7 Å². The summed E-state index contributed by atoms with van der Waals surface area (Å²) < 4.78 is 10.1. The lowest BCUT2D eigenvalue weighted by molar-refractivity contribution is 0.0996. The quantitative estimate of drug-likeness (QED) is 0.621. The molecule has 0 atom stereocenters. The fourth-order valence-corrected chi connectivity index (χ4v) is 2.30. The van der Waals surface area contributed by atoms with E-state index in [1.807, 2.05) is 12.1 Å². The number of benzene rings is 1. The van der Waals surface area contributed by atoms with Crippen LogP contribution in [0.3, 0.4) is 0 Å². The van der Waals surface area contributed by atoms with Gasteiger partial charge in [0.15, 0.2) is 5.76 Å². The lowest BCUT2D eigenvalue weighted by Crippen LogP contribution is -2.28. The monoisotopic (exact) mass is 366 g/mol. The Morgan fingerprint density at radius 2 is 1.89 bits per heavy atom. The van der Waals surface area contributed by atoms with Crippen LogP contribution in [0.15, 0.2) is 65.4 Å². The van der Waals surface area contributed by atoms with E-state index in [0.717, 1.165) is 5.56 Å². The average Bonchev–Trinajstić information content (AvgIpc) is 3.23. The summed E-state index contributed by atoms with van der Waals surface area (Å²) in [6.45, 7) is 0.320. The van der Waals surface area contributed by atoms with Crippen LogP contribution in [0.1, 0.15) is 16.1 Å². The first-order chi connectivity index (χ1) is 13.2. The van der Waals surface area contributed by atoms with Gasteiger partial charge >= 0.3 is 6.03 Å². The number of anilines is 2. The molecule has 2 heterocycles. The maximum Gasteiger partial charge on any atom is 0.319 e. The van der Waals surface area contributed by atoms with Crippen molar-refractivity contribution in [3.05, 3.63) is 72.3 Å². The SMILES string of the molecule is COc1ncccc1NC(=O)NCc1ccc(NC(=O)c2ccco2)cc1. The third-order valence-corrected chi connectivity index (χ3v) is 3.62. The van der Waals surface area contributed by atoms with E-state index in [2.05, 4.69) is 20.9 Å². The van der Waals surface area contributed by atoms with Crippen molar-refractivity contribution in [1.29, 1.82) is 0 Å². The van der Waals surface area contributed by atoms with Gasteiger partial charge in [-0.25, -0.2) is 9.78 Å². The normalized spacial score (nSPS) is 10.1. The topological polar surface area (TPSA) is 105 Å². The number of methoxy groups -OCH3 is 1. The van der Waals surface area contributed by atoms with Crippen molar-refractivity contribution in [1.82, 2.24) is 10.3 Å². The van der Waals surface area contributed by atoms with Gasteiger partial charge in [-0.2, -0.15) is 0 Å². The first-order valence-corrected chi connectivity index (χ1v) is 8.13. The minimum atomic E-state index is -0.378. The molecule has 3 aromatic rings. The molecule has 0 aliphatic heterocycles. The van der Waals surface area contributed by atoms with Gasteiger partial charge in [-0.15, -0.1) is 0 Å². The van der Waals surface area contributed by atoms with Gasteiger partial charge < -0.3 is 25.1 Å². The largest absolute Gasteiger partial charge is 0.480 e. The number of carbonyl (C=O) groups excluding carboxylic acids is 2. The Hall–Kier alpha value is -3.81. The van der Waals surface area contributed by atoms with Crippen LogP contribution in [0.4, 0.5) is 16.2 Å². The molecule has 0 fully saturated rings. The van der Waals surface area contributed by atoms with Gasteiger partial charge in [0.2, 0.25) is 5.88 Å². The average molecular weight is 366 g/mol. The van der Waals surface area contributed by atoms with E-state index in [9.17, 15) is 9.59 Å². The molecule has 8 heteroatoms. The molecule has 0 unspecified atom stereocenters. The molecule has 0 saturated carbocycles. The Kier molecular flexibility index (Phi) is 5.68. The standard InChI is InChI=1S/C19H18N4O4/c1-26-18-15(4-2-10-20-18)23-19(25)21-12-13-6-8-14(9-7-13)22-17(24)16-5-3-11-27-16/h2-11H,12H2,1H3,(H,22,24)(H2,21,23,25). The van der Waals surface area contributed by atoms with Crippen LogP contribution in [-0.2, 0) is 6.54 Å². The highest BCUT2D eigenvalue weighted by molar-refractivity contribution is 6.02. The van der Waals surface area contributed by atoms with Crippen molar-refractivity contribution >= 4 is 23.3 Å². The third kappa shape index (κ3) is 4.85. The lowest BCUT2D eigenvalue weighted by atomic mass is 10.2. The van der Waals surface area contributed by atoms with Crippen molar-refractivity contribution in [3.63, 3.8) is 0 Å². The minimum Gasteiger partial charge on any atom is -0.480 e. The zero-order valence-corrected chi connectivity index (χ0v) is 14.6. The van der Waals surface area contributed by atoms with Crippen molar-refractivity contribution in [3.8, 4) is 5.88 Å². The van der Waals surface area contributed by atoms with E-state index in [1.165, 1.54) is 13.4 Å². The number of nitrogens with one attached hydrogen (secondary N) is 3. The van der Waals surface area contributed by atoms with E-state index in [-0.39, 0.29) is 17.7 Å². The van der Waals surface area contributed by atoms with Crippen LogP contribution in [0.25, 0.3) is 0 Å². The molecule has 3 amide bonds. The van der Waals surface area contributed by atoms with Gasteiger partial charge in [0.25, 0.3) is 5.91 Å². The van der Waals surface area contributed by atoms with E-state index < -0.39 is 0 Å².